The normalized spacial score (nSPS) is 14.2. The van der Waals surface area contributed by atoms with Crippen LogP contribution in [0, 0.1) is 13.8 Å². The fourth-order valence-electron chi connectivity index (χ4n) is 3.32. The van der Waals surface area contributed by atoms with Gasteiger partial charge >= 0.3 is 6.18 Å². The van der Waals surface area contributed by atoms with Crippen LogP contribution in [0.1, 0.15) is 59.9 Å². The van der Waals surface area contributed by atoms with Crippen molar-refractivity contribution in [1.29, 1.82) is 0 Å². The van der Waals surface area contributed by atoms with Gasteiger partial charge in [0.1, 0.15) is 12.0 Å². The number of benzene rings is 1. The molecule has 0 saturated heterocycles. The number of aliphatic hydroxyl groups is 1. The molecule has 2 heterocycles. The average Bonchev–Trinajstić information content (AvgIpc) is 3.17. The number of aryl methyl sites for hydroxylation is 2. The first kappa shape index (κ1) is 24.6. The Kier molecular flexibility index (Phi) is 6.50. The molecule has 0 aliphatic rings. The maximum absolute atomic E-state index is 14.2. The molecular weight excluding hydrogens is 435 g/mol. The van der Waals surface area contributed by atoms with Crippen molar-refractivity contribution in [3.05, 3.63) is 71.1 Å². The van der Waals surface area contributed by atoms with Gasteiger partial charge in [-0.3, -0.25) is 4.79 Å². The minimum absolute atomic E-state index is 0.0952. The Labute approximate surface area is 189 Å². The molecule has 0 aliphatic carbocycles. The van der Waals surface area contributed by atoms with E-state index < -0.39 is 41.6 Å². The van der Waals surface area contributed by atoms with Crippen LogP contribution in [0.2, 0.25) is 0 Å². The van der Waals surface area contributed by atoms with Crippen LogP contribution in [-0.4, -0.2) is 27.0 Å². The highest BCUT2D eigenvalue weighted by molar-refractivity contribution is 5.93. The van der Waals surface area contributed by atoms with Gasteiger partial charge in [-0.1, -0.05) is 29.8 Å². The molecule has 0 amide bonds. The molecule has 9 heteroatoms. The van der Waals surface area contributed by atoms with Crippen molar-refractivity contribution < 1.29 is 27.5 Å². The number of nitrogens with zero attached hydrogens (tertiary/aromatic N) is 2. The van der Waals surface area contributed by atoms with E-state index in [9.17, 15) is 23.1 Å². The summed E-state index contributed by atoms with van der Waals surface area (Å²) in [6.07, 6.45) is -5.56. The van der Waals surface area contributed by atoms with Crippen LogP contribution < -0.4 is 5.73 Å². The van der Waals surface area contributed by atoms with Crippen LogP contribution in [0.3, 0.4) is 0 Å². The number of pyridine rings is 1. The first-order valence-electron chi connectivity index (χ1n) is 10.3. The van der Waals surface area contributed by atoms with Crippen molar-refractivity contribution in [3.8, 4) is 11.3 Å². The number of Topliss-reactive ketones (excluding diaryl/α,β-unsaturated/α-hetero) is 1. The van der Waals surface area contributed by atoms with Crippen molar-refractivity contribution in [2.24, 2.45) is 5.73 Å². The molecule has 33 heavy (non-hydrogen) atoms. The molecule has 0 saturated carbocycles. The van der Waals surface area contributed by atoms with Crippen molar-refractivity contribution in [3.63, 3.8) is 0 Å². The first-order chi connectivity index (χ1) is 15.2. The van der Waals surface area contributed by atoms with Gasteiger partial charge < -0.3 is 15.3 Å². The quantitative estimate of drug-likeness (QED) is 0.482. The van der Waals surface area contributed by atoms with Crippen LogP contribution >= 0.6 is 0 Å². The Morgan fingerprint density at radius 2 is 1.73 bits per heavy atom. The van der Waals surface area contributed by atoms with Crippen molar-refractivity contribution in [2.45, 2.75) is 57.9 Å². The Balaban J connectivity index is 2.08. The molecule has 6 nitrogen and oxygen atoms in total. The summed E-state index contributed by atoms with van der Waals surface area (Å²) in [5.41, 5.74) is 3.25. The predicted molar refractivity (Wildman–Crippen MR) is 116 cm³/mol. The Hall–Kier alpha value is -3.04. The molecule has 1 aromatic carbocycles. The molecule has 0 radical (unpaired) electrons. The molecule has 2 aromatic heterocycles. The number of oxazole rings is 1. The number of aromatic nitrogens is 2. The molecule has 0 spiro atoms. The second kappa shape index (κ2) is 8.72. The number of hydrogen-bond donors (Lipinski definition) is 2. The van der Waals surface area contributed by atoms with E-state index in [1.165, 1.54) is 6.92 Å². The van der Waals surface area contributed by atoms with E-state index >= 15 is 0 Å². The summed E-state index contributed by atoms with van der Waals surface area (Å²) in [7, 11) is 0. The number of nitrogens with two attached hydrogens (primary N) is 1. The molecule has 3 N–H and O–H groups in total. The molecule has 0 aliphatic heterocycles. The topological polar surface area (TPSA) is 102 Å². The molecule has 1 unspecified atom stereocenters. The van der Waals surface area contributed by atoms with E-state index in [0.29, 0.717) is 11.1 Å². The van der Waals surface area contributed by atoms with Crippen LogP contribution in [0.25, 0.3) is 11.3 Å². The number of halogens is 3. The molecule has 0 fully saturated rings. The number of carbonyl (C=O) groups excluding carboxylic acids is 1. The van der Waals surface area contributed by atoms with Crippen molar-refractivity contribution in [2.75, 3.05) is 0 Å². The van der Waals surface area contributed by atoms with E-state index in [1.54, 1.807) is 32.0 Å². The highest BCUT2D eigenvalue weighted by Gasteiger charge is 2.56. The third-order valence-corrected chi connectivity index (χ3v) is 5.43. The fraction of sp³-hybridized carbons (Fsp3) is 0.375. The van der Waals surface area contributed by atoms with E-state index in [-0.39, 0.29) is 17.3 Å². The summed E-state index contributed by atoms with van der Waals surface area (Å²) in [4.78, 5) is 20.4. The Morgan fingerprint density at radius 1 is 1.09 bits per heavy atom. The smallest absolute Gasteiger partial charge is 0.422 e. The zero-order valence-electron chi connectivity index (χ0n) is 18.8. The lowest BCUT2D eigenvalue weighted by molar-refractivity contribution is -0.270. The van der Waals surface area contributed by atoms with Gasteiger partial charge in [0.05, 0.1) is 11.4 Å². The Bertz CT molecular complexity index is 1150. The summed E-state index contributed by atoms with van der Waals surface area (Å²) in [5.74, 6) is -0.463. The lowest BCUT2D eigenvalue weighted by Crippen LogP contribution is -2.44. The van der Waals surface area contributed by atoms with Crippen LogP contribution in [0.4, 0.5) is 13.2 Å². The van der Waals surface area contributed by atoms with Gasteiger partial charge in [-0.05, 0) is 44.9 Å². The van der Waals surface area contributed by atoms with Crippen LogP contribution in [0.5, 0.6) is 0 Å². The largest absolute Gasteiger partial charge is 0.449 e. The molecule has 0 bridgehead atoms. The lowest BCUT2D eigenvalue weighted by atomic mass is 9.86. The number of rotatable bonds is 7. The Morgan fingerprint density at radius 3 is 2.24 bits per heavy atom. The summed E-state index contributed by atoms with van der Waals surface area (Å²) in [5, 5.41) is 10.9. The minimum atomic E-state index is -5.10. The molecular formula is C24H26F3N3O3. The second-order valence-corrected chi connectivity index (χ2v) is 8.75. The zero-order chi connectivity index (χ0) is 24.6. The van der Waals surface area contributed by atoms with Gasteiger partial charge in [0.25, 0.3) is 0 Å². The highest BCUT2D eigenvalue weighted by atomic mass is 19.4. The van der Waals surface area contributed by atoms with E-state index in [2.05, 4.69) is 9.97 Å². The van der Waals surface area contributed by atoms with Gasteiger partial charge in [-0.15, -0.1) is 0 Å². The zero-order valence-corrected chi connectivity index (χ0v) is 18.8. The fourth-order valence-corrected chi connectivity index (χ4v) is 3.32. The van der Waals surface area contributed by atoms with Gasteiger partial charge in [0.15, 0.2) is 11.7 Å². The summed E-state index contributed by atoms with van der Waals surface area (Å²) < 4.78 is 47.5. The third kappa shape index (κ3) is 5.31. The van der Waals surface area contributed by atoms with Gasteiger partial charge in [0.2, 0.25) is 5.60 Å². The monoisotopic (exact) mass is 461 g/mol. The van der Waals surface area contributed by atoms with Crippen molar-refractivity contribution >= 4 is 5.78 Å². The molecule has 3 aromatic rings. The minimum Gasteiger partial charge on any atom is -0.449 e. The number of alkyl halides is 3. The SMILES string of the molecule is Cc1ccc(-c2cc(C(C)(C)N)cc(C(O)(CCC(=O)c3coc(C)n3)C(F)(F)F)n2)cc1. The third-order valence-electron chi connectivity index (χ3n) is 5.43. The number of ketones is 1. The van der Waals surface area contributed by atoms with Gasteiger partial charge in [-0.2, -0.15) is 13.2 Å². The van der Waals surface area contributed by atoms with Gasteiger partial charge in [-0.25, -0.2) is 9.97 Å². The summed E-state index contributed by atoms with van der Waals surface area (Å²) >= 11 is 0. The molecule has 176 valence electrons. The number of carbonyl (C=O) groups is 1. The average molecular weight is 461 g/mol. The summed E-state index contributed by atoms with van der Waals surface area (Å²) in [6, 6.07) is 9.84. The molecule has 3 rings (SSSR count). The lowest BCUT2D eigenvalue weighted by Gasteiger charge is -2.31. The number of hydrogen-bond acceptors (Lipinski definition) is 6. The van der Waals surface area contributed by atoms with Crippen LogP contribution in [-0.2, 0) is 11.1 Å². The van der Waals surface area contributed by atoms with E-state index in [1.807, 2.05) is 19.1 Å². The van der Waals surface area contributed by atoms with Gasteiger partial charge in [0, 0.05) is 24.4 Å². The predicted octanol–water partition coefficient (Wildman–Crippen LogP) is 4.96. The van der Waals surface area contributed by atoms with Crippen LogP contribution in [0.15, 0.2) is 47.1 Å². The van der Waals surface area contributed by atoms with E-state index in [0.717, 1.165) is 17.9 Å². The molecule has 1 atom stereocenters. The highest BCUT2D eigenvalue weighted by Crippen LogP contribution is 2.43. The maximum atomic E-state index is 14.2. The first-order valence-corrected chi connectivity index (χ1v) is 10.3. The summed E-state index contributed by atoms with van der Waals surface area (Å²) in [6.45, 7) is 6.69. The maximum Gasteiger partial charge on any atom is 0.422 e. The second-order valence-electron chi connectivity index (χ2n) is 8.75. The van der Waals surface area contributed by atoms with E-state index in [4.69, 9.17) is 10.2 Å². The van der Waals surface area contributed by atoms with Crippen molar-refractivity contribution in [1.82, 2.24) is 9.97 Å². The standard InChI is InChI=1S/C24H26F3N3O3/c1-14-5-7-16(8-6-14)18-11-17(22(3,4)28)12-21(30-18)23(32,24(25,26)27)10-9-20(31)19-13-33-15(2)29-19/h5-8,11-13,32H,9-10,28H2,1-4H3.